The second-order valence-corrected chi connectivity index (χ2v) is 2.64. The molecule has 0 bridgehead atoms. The molecule has 3 nitrogen and oxygen atoms in total. The third-order valence-electron chi connectivity index (χ3n) is 1.78. The maximum absolute atomic E-state index is 4.69. The van der Waals surface area contributed by atoms with Crippen LogP contribution in [0.25, 0.3) is 0 Å². The van der Waals surface area contributed by atoms with Gasteiger partial charge in [-0.2, -0.15) is 0 Å². The minimum absolute atomic E-state index is 0. The van der Waals surface area contributed by atoms with Crippen LogP contribution in [0, 0.1) is 0 Å². The van der Waals surface area contributed by atoms with E-state index in [4.69, 9.17) is 0 Å². The van der Waals surface area contributed by atoms with Gasteiger partial charge in [0.25, 0.3) is 0 Å². The molecule has 4 heteroatoms. The van der Waals surface area contributed by atoms with Crippen molar-refractivity contribution in [2.45, 2.75) is 12.8 Å². The van der Waals surface area contributed by atoms with Gasteiger partial charge in [-0.1, -0.05) is 5.16 Å². The van der Waals surface area contributed by atoms with E-state index in [1.54, 1.807) is 7.11 Å². The fourth-order valence-corrected chi connectivity index (χ4v) is 1.10. The topological polar surface area (TPSA) is 24.8 Å². The summed E-state index contributed by atoms with van der Waals surface area (Å²) >= 11 is 0. The van der Waals surface area contributed by atoms with E-state index in [9.17, 15) is 0 Å². The summed E-state index contributed by atoms with van der Waals surface area (Å²) in [5.74, 6) is 0. The molecule has 1 saturated heterocycles. The normalized spacial score (nSPS) is 18.9. The molecule has 0 aromatic rings. The summed E-state index contributed by atoms with van der Waals surface area (Å²) in [6.45, 7) is 2.23. The van der Waals surface area contributed by atoms with Gasteiger partial charge in [-0.15, -0.1) is 12.4 Å². The van der Waals surface area contributed by atoms with Gasteiger partial charge in [0.05, 0.1) is 5.71 Å². The first-order valence-electron chi connectivity index (χ1n) is 3.60. The van der Waals surface area contributed by atoms with Gasteiger partial charge in [0.1, 0.15) is 7.11 Å². The van der Waals surface area contributed by atoms with Gasteiger partial charge in [-0.05, 0) is 7.05 Å². The Morgan fingerprint density at radius 2 is 1.91 bits per heavy atom. The minimum Gasteiger partial charge on any atom is -0.399 e. The lowest BCUT2D eigenvalue weighted by Crippen LogP contribution is -2.30. The Bertz CT molecular complexity index is 128. The van der Waals surface area contributed by atoms with Crippen LogP contribution in [-0.4, -0.2) is 37.9 Å². The molecule has 0 radical (unpaired) electrons. The Morgan fingerprint density at radius 1 is 1.36 bits per heavy atom. The summed E-state index contributed by atoms with van der Waals surface area (Å²) in [6, 6.07) is 0. The molecule has 0 atom stereocenters. The predicted molar refractivity (Wildman–Crippen MR) is 48.4 cm³/mol. The zero-order valence-electron chi connectivity index (χ0n) is 7.04. The lowest BCUT2D eigenvalue weighted by molar-refractivity contribution is 0.208. The van der Waals surface area contributed by atoms with Crippen molar-refractivity contribution >= 4 is 18.1 Å². The highest BCUT2D eigenvalue weighted by molar-refractivity contribution is 5.85. The van der Waals surface area contributed by atoms with Crippen LogP contribution in [0.4, 0.5) is 0 Å². The van der Waals surface area contributed by atoms with Crippen molar-refractivity contribution in [2.75, 3.05) is 27.2 Å². The summed E-state index contributed by atoms with van der Waals surface area (Å²) in [5.41, 5.74) is 1.20. The number of piperidine rings is 1. The number of oxime groups is 1. The van der Waals surface area contributed by atoms with Crippen LogP contribution in [0.3, 0.4) is 0 Å². The summed E-state index contributed by atoms with van der Waals surface area (Å²) < 4.78 is 0. The monoisotopic (exact) mass is 178 g/mol. The Hall–Kier alpha value is -0.280. The Labute approximate surface area is 73.8 Å². The van der Waals surface area contributed by atoms with Crippen molar-refractivity contribution in [1.29, 1.82) is 0 Å². The minimum atomic E-state index is 0. The highest BCUT2D eigenvalue weighted by Gasteiger charge is 2.10. The molecule has 0 saturated carbocycles. The summed E-state index contributed by atoms with van der Waals surface area (Å²) in [5, 5.41) is 3.91. The molecule has 0 aliphatic carbocycles. The van der Waals surface area contributed by atoms with Crippen LogP contribution >= 0.6 is 12.4 Å². The first-order chi connectivity index (χ1) is 4.83. The quantitative estimate of drug-likeness (QED) is 0.563. The largest absolute Gasteiger partial charge is 0.399 e. The molecular weight excluding hydrogens is 164 g/mol. The highest BCUT2D eigenvalue weighted by atomic mass is 35.5. The molecule has 1 heterocycles. The first kappa shape index (κ1) is 10.7. The molecule has 1 rings (SSSR count). The molecule has 0 unspecified atom stereocenters. The Kier molecular flexibility index (Phi) is 5.24. The average molecular weight is 179 g/mol. The lowest BCUT2D eigenvalue weighted by Gasteiger charge is -2.22. The zero-order valence-corrected chi connectivity index (χ0v) is 7.86. The molecular formula is C7H15ClN2O. The average Bonchev–Trinajstić information content (AvgIpc) is 1.95. The molecule has 1 fully saturated rings. The van der Waals surface area contributed by atoms with Gasteiger partial charge in [0.15, 0.2) is 0 Å². The predicted octanol–water partition coefficient (Wildman–Crippen LogP) is 1.14. The number of hydrogen-bond donors (Lipinski definition) is 0. The number of nitrogens with zero attached hydrogens (tertiary/aromatic N) is 2. The molecule has 0 N–H and O–H groups in total. The van der Waals surface area contributed by atoms with Crippen molar-refractivity contribution < 1.29 is 4.84 Å². The fourth-order valence-electron chi connectivity index (χ4n) is 1.10. The van der Waals surface area contributed by atoms with Crippen LogP contribution in [-0.2, 0) is 4.84 Å². The van der Waals surface area contributed by atoms with Crippen molar-refractivity contribution in [1.82, 2.24) is 4.90 Å². The van der Waals surface area contributed by atoms with E-state index in [0.29, 0.717) is 0 Å². The SMILES string of the molecule is CON=C1CCN(C)CC1.Cl. The standard InChI is InChI=1S/C7H14N2O.ClH/c1-9-5-3-7(4-6-9)8-10-2;/h3-6H2,1-2H3;1H. The Balaban J connectivity index is 0.000001000. The lowest BCUT2D eigenvalue weighted by atomic mass is 10.1. The van der Waals surface area contributed by atoms with E-state index in [1.807, 2.05) is 0 Å². The van der Waals surface area contributed by atoms with Crippen LogP contribution in [0.1, 0.15) is 12.8 Å². The van der Waals surface area contributed by atoms with Crippen molar-refractivity contribution in [3.8, 4) is 0 Å². The Morgan fingerprint density at radius 3 is 2.36 bits per heavy atom. The molecule has 0 aromatic carbocycles. The third-order valence-corrected chi connectivity index (χ3v) is 1.78. The first-order valence-corrected chi connectivity index (χ1v) is 3.60. The van der Waals surface area contributed by atoms with Gasteiger partial charge in [0.2, 0.25) is 0 Å². The summed E-state index contributed by atoms with van der Waals surface area (Å²) in [7, 11) is 3.73. The third kappa shape index (κ3) is 3.58. The van der Waals surface area contributed by atoms with Crippen LogP contribution in [0.2, 0.25) is 0 Å². The maximum atomic E-state index is 4.69. The van der Waals surface area contributed by atoms with Crippen molar-refractivity contribution in [2.24, 2.45) is 5.16 Å². The van der Waals surface area contributed by atoms with Gasteiger partial charge in [0, 0.05) is 25.9 Å². The molecule has 66 valence electrons. The van der Waals surface area contributed by atoms with Crippen molar-refractivity contribution in [3.63, 3.8) is 0 Å². The van der Waals surface area contributed by atoms with Gasteiger partial charge in [-0.3, -0.25) is 0 Å². The highest BCUT2D eigenvalue weighted by Crippen LogP contribution is 2.04. The van der Waals surface area contributed by atoms with Crippen molar-refractivity contribution in [3.05, 3.63) is 0 Å². The van der Waals surface area contributed by atoms with E-state index in [-0.39, 0.29) is 12.4 Å². The summed E-state index contributed by atoms with van der Waals surface area (Å²) in [4.78, 5) is 6.99. The number of halogens is 1. The molecule has 1 aliphatic heterocycles. The van der Waals surface area contributed by atoms with E-state index >= 15 is 0 Å². The zero-order chi connectivity index (χ0) is 7.40. The fraction of sp³-hybridized carbons (Fsp3) is 0.857. The van der Waals surface area contributed by atoms with E-state index < -0.39 is 0 Å². The van der Waals surface area contributed by atoms with Crippen LogP contribution < -0.4 is 0 Å². The molecule has 0 aromatic heterocycles. The van der Waals surface area contributed by atoms with Crippen LogP contribution in [0.15, 0.2) is 5.16 Å². The summed E-state index contributed by atoms with van der Waals surface area (Å²) in [6.07, 6.45) is 2.12. The van der Waals surface area contributed by atoms with Gasteiger partial charge >= 0.3 is 0 Å². The molecule has 0 spiro atoms. The van der Waals surface area contributed by atoms with E-state index in [2.05, 4.69) is 21.9 Å². The number of hydrogen-bond acceptors (Lipinski definition) is 3. The second kappa shape index (κ2) is 5.38. The maximum Gasteiger partial charge on any atom is 0.106 e. The van der Waals surface area contributed by atoms with Gasteiger partial charge in [-0.25, -0.2) is 0 Å². The van der Waals surface area contributed by atoms with E-state index in [0.717, 1.165) is 25.9 Å². The second-order valence-electron chi connectivity index (χ2n) is 2.64. The smallest absolute Gasteiger partial charge is 0.106 e. The molecule has 11 heavy (non-hydrogen) atoms. The number of likely N-dealkylation sites (tertiary alicyclic amines) is 1. The molecule has 0 amide bonds. The van der Waals surface area contributed by atoms with E-state index in [1.165, 1.54) is 5.71 Å². The number of rotatable bonds is 1. The van der Waals surface area contributed by atoms with Crippen LogP contribution in [0.5, 0.6) is 0 Å². The molecule has 1 aliphatic rings. The van der Waals surface area contributed by atoms with Gasteiger partial charge < -0.3 is 9.74 Å².